The minimum absolute atomic E-state index is 0.308. The van der Waals surface area contributed by atoms with Gasteiger partial charge in [0.1, 0.15) is 0 Å². The number of nitrogens with one attached hydrogen (secondary N) is 1. The van der Waals surface area contributed by atoms with Crippen molar-refractivity contribution < 1.29 is 9.84 Å². The summed E-state index contributed by atoms with van der Waals surface area (Å²) in [6.45, 7) is 6.68. The third-order valence-electron chi connectivity index (χ3n) is 4.55. The average Bonchev–Trinajstić information content (AvgIpc) is 2.93. The normalized spacial score (nSPS) is 26.4. The van der Waals surface area contributed by atoms with Gasteiger partial charge in [-0.25, -0.2) is 0 Å². The molecule has 0 amide bonds. The van der Waals surface area contributed by atoms with Gasteiger partial charge in [0.2, 0.25) is 0 Å². The number of hydrogen-bond donors (Lipinski definition) is 2. The standard InChI is InChI=1S/C16H24N2O2/c1-2-20-15-7-3-5-13(16(15)19)11-18-8-4-6-12-9-17-10-14(12)18/h3,5,7,12,14,17,19H,2,4,6,8-11H2,1H3. The summed E-state index contributed by atoms with van der Waals surface area (Å²) in [5.74, 6) is 1.69. The van der Waals surface area contributed by atoms with Crippen molar-refractivity contribution in [3.05, 3.63) is 23.8 Å². The maximum absolute atomic E-state index is 10.3. The van der Waals surface area contributed by atoms with Gasteiger partial charge in [0.15, 0.2) is 11.5 Å². The van der Waals surface area contributed by atoms with Gasteiger partial charge in [-0.15, -0.1) is 0 Å². The van der Waals surface area contributed by atoms with E-state index < -0.39 is 0 Å². The minimum atomic E-state index is 0.308. The summed E-state index contributed by atoms with van der Waals surface area (Å²) in [6, 6.07) is 6.43. The quantitative estimate of drug-likeness (QED) is 0.882. The Bertz CT molecular complexity index is 464. The van der Waals surface area contributed by atoms with Crippen LogP contribution in [0.2, 0.25) is 0 Å². The van der Waals surface area contributed by atoms with E-state index in [0.29, 0.717) is 24.1 Å². The second-order valence-corrected chi connectivity index (χ2v) is 5.80. The van der Waals surface area contributed by atoms with Crippen molar-refractivity contribution in [2.24, 2.45) is 5.92 Å². The SMILES string of the molecule is CCOc1cccc(CN2CCCC3CNCC32)c1O. The van der Waals surface area contributed by atoms with Crippen LogP contribution in [0.15, 0.2) is 18.2 Å². The van der Waals surface area contributed by atoms with Gasteiger partial charge in [-0.05, 0) is 44.8 Å². The number of likely N-dealkylation sites (tertiary alicyclic amines) is 1. The number of rotatable bonds is 4. The number of aromatic hydroxyl groups is 1. The van der Waals surface area contributed by atoms with Gasteiger partial charge < -0.3 is 15.2 Å². The molecule has 0 aromatic heterocycles. The highest BCUT2D eigenvalue weighted by molar-refractivity contribution is 5.45. The largest absolute Gasteiger partial charge is 0.504 e. The van der Waals surface area contributed by atoms with Crippen LogP contribution in [0.3, 0.4) is 0 Å². The smallest absolute Gasteiger partial charge is 0.162 e. The van der Waals surface area contributed by atoms with Crippen LogP contribution in [0.4, 0.5) is 0 Å². The van der Waals surface area contributed by atoms with E-state index >= 15 is 0 Å². The maximum Gasteiger partial charge on any atom is 0.162 e. The molecular formula is C16H24N2O2. The molecular weight excluding hydrogens is 252 g/mol. The molecule has 2 aliphatic heterocycles. The lowest BCUT2D eigenvalue weighted by atomic mass is 9.91. The second-order valence-electron chi connectivity index (χ2n) is 5.80. The van der Waals surface area contributed by atoms with E-state index in [1.165, 1.54) is 12.8 Å². The third kappa shape index (κ3) is 2.63. The topological polar surface area (TPSA) is 44.7 Å². The number of nitrogens with zero attached hydrogens (tertiary/aromatic N) is 1. The fraction of sp³-hybridized carbons (Fsp3) is 0.625. The molecule has 2 aliphatic rings. The number of piperidine rings is 1. The first-order valence-electron chi connectivity index (χ1n) is 7.68. The maximum atomic E-state index is 10.3. The summed E-state index contributed by atoms with van der Waals surface area (Å²) in [4.78, 5) is 2.51. The van der Waals surface area contributed by atoms with Crippen LogP contribution in [0.1, 0.15) is 25.3 Å². The molecule has 0 spiro atoms. The van der Waals surface area contributed by atoms with Crippen molar-refractivity contribution in [3.63, 3.8) is 0 Å². The van der Waals surface area contributed by atoms with Gasteiger partial charge in [0.05, 0.1) is 6.61 Å². The van der Waals surface area contributed by atoms with Crippen LogP contribution in [-0.2, 0) is 6.54 Å². The molecule has 110 valence electrons. The van der Waals surface area contributed by atoms with Gasteiger partial charge >= 0.3 is 0 Å². The number of benzene rings is 1. The molecule has 3 rings (SSSR count). The van der Waals surface area contributed by atoms with Crippen LogP contribution in [-0.4, -0.2) is 42.3 Å². The highest BCUT2D eigenvalue weighted by atomic mass is 16.5. The van der Waals surface area contributed by atoms with Gasteiger partial charge in [0, 0.05) is 24.7 Å². The highest BCUT2D eigenvalue weighted by Gasteiger charge is 2.35. The van der Waals surface area contributed by atoms with E-state index in [9.17, 15) is 5.11 Å². The summed E-state index contributed by atoms with van der Waals surface area (Å²) in [6.07, 6.45) is 2.59. The Hall–Kier alpha value is -1.26. The Kier molecular flexibility index (Phi) is 4.13. The van der Waals surface area contributed by atoms with Crippen LogP contribution >= 0.6 is 0 Å². The Morgan fingerprint density at radius 3 is 3.15 bits per heavy atom. The Labute approximate surface area is 120 Å². The summed E-state index contributed by atoms with van der Waals surface area (Å²) < 4.78 is 5.47. The minimum Gasteiger partial charge on any atom is -0.504 e. The number of phenols is 1. The lowest BCUT2D eigenvalue weighted by molar-refractivity contribution is 0.116. The first kappa shape index (κ1) is 13.7. The van der Waals surface area contributed by atoms with Crippen LogP contribution in [0.5, 0.6) is 11.5 Å². The molecule has 2 N–H and O–H groups in total. The van der Waals surface area contributed by atoms with E-state index in [1.807, 2.05) is 25.1 Å². The zero-order chi connectivity index (χ0) is 13.9. The van der Waals surface area contributed by atoms with Crippen LogP contribution in [0.25, 0.3) is 0 Å². The fourth-order valence-electron chi connectivity index (χ4n) is 3.55. The summed E-state index contributed by atoms with van der Waals surface area (Å²) in [5.41, 5.74) is 0.975. The highest BCUT2D eigenvalue weighted by Crippen LogP contribution is 2.33. The molecule has 0 aliphatic carbocycles. The first-order chi connectivity index (χ1) is 9.79. The van der Waals surface area contributed by atoms with Crippen molar-refractivity contribution in [1.29, 1.82) is 0 Å². The molecule has 20 heavy (non-hydrogen) atoms. The lowest BCUT2D eigenvalue weighted by Gasteiger charge is -2.37. The monoisotopic (exact) mass is 276 g/mol. The van der Waals surface area contributed by atoms with Crippen molar-refractivity contribution in [2.75, 3.05) is 26.2 Å². The van der Waals surface area contributed by atoms with Crippen molar-refractivity contribution in [1.82, 2.24) is 10.2 Å². The number of hydrogen-bond acceptors (Lipinski definition) is 4. The van der Waals surface area contributed by atoms with Crippen molar-refractivity contribution in [3.8, 4) is 11.5 Å². The molecule has 1 aromatic carbocycles. The average molecular weight is 276 g/mol. The Morgan fingerprint density at radius 2 is 2.30 bits per heavy atom. The predicted molar refractivity (Wildman–Crippen MR) is 79.1 cm³/mol. The Morgan fingerprint density at radius 1 is 1.40 bits per heavy atom. The molecule has 4 heteroatoms. The number of ether oxygens (including phenoxy) is 1. The number of para-hydroxylation sites is 1. The van der Waals surface area contributed by atoms with Gasteiger partial charge in [-0.2, -0.15) is 0 Å². The molecule has 1 aromatic rings. The Balaban J connectivity index is 1.75. The van der Waals surface area contributed by atoms with Gasteiger partial charge in [-0.1, -0.05) is 12.1 Å². The molecule has 2 fully saturated rings. The van der Waals surface area contributed by atoms with E-state index in [1.54, 1.807) is 0 Å². The van der Waals surface area contributed by atoms with Gasteiger partial charge in [-0.3, -0.25) is 4.90 Å². The van der Waals surface area contributed by atoms with Crippen molar-refractivity contribution in [2.45, 2.75) is 32.4 Å². The second kappa shape index (κ2) is 6.02. The zero-order valence-corrected chi connectivity index (χ0v) is 12.1. The van der Waals surface area contributed by atoms with E-state index in [0.717, 1.165) is 37.7 Å². The first-order valence-corrected chi connectivity index (χ1v) is 7.68. The third-order valence-corrected chi connectivity index (χ3v) is 4.55. The molecule has 4 nitrogen and oxygen atoms in total. The van der Waals surface area contributed by atoms with E-state index in [2.05, 4.69) is 10.2 Å². The summed E-state index contributed by atoms with van der Waals surface area (Å²) >= 11 is 0. The molecule has 0 bridgehead atoms. The molecule has 2 unspecified atom stereocenters. The lowest BCUT2D eigenvalue weighted by Crippen LogP contribution is -2.44. The molecule has 0 saturated carbocycles. The molecule has 0 radical (unpaired) electrons. The number of fused-ring (bicyclic) bond motifs is 1. The predicted octanol–water partition coefficient (Wildman–Crippen LogP) is 1.97. The van der Waals surface area contributed by atoms with E-state index in [-0.39, 0.29) is 0 Å². The zero-order valence-electron chi connectivity index (χ0n) is 12.1. The summed E-state index contributed by atoms with van der Waals surface area (Å²) in [7, 11) is 0. The summed E-state index contributed by atoms with van der Waals surface area (Å²) in [5, 5.41) is 13.8. The fourth-order valence-corrected chi connectivity index (χ4v) is 3.55. The van der Waals surface area contributed by atoms with E-state index in [4.69, 9.17) is 4.74 Å². The van der Waals surface area contributed by atoms with Gasteiger partial charge in [0.25, 0.3) is 0 Å². The van der Waals surface area contributed by atoms with Crippen molar-refractivity contribution >= 4 is 0 Å². The molecule has 2 heterocycles. The van der Waals surface area contributed by atoms with Crippen LogP contribution in [0, 0.1) is 5.92 Å². The molecule has 2 atom stereocenters. The number of phenolic OH excluding ortho intramolecular Hbond substituents is 1. The molecule has 2 saturated heterocycles. The van der Waals surface area contributed by atoms with Crippen LogP contribution < -0.4 is 10.1 Å².